The summed E-state index contributed by atoms with van der Waals surface area (Å²) in [6.45, 7) is 2.55. The van der Waals surface area contributed by atoms with E-state index >= 15 is 0 Å². The van der Waals surface area contributed by atoms with Gasteiger partial charge >= 0.3 is 6.09 Å². The number of carbonyl (C=O) groups excluding carboxylic acids is 1. The SMILES string of the molecule is CSCCCNC(=O)Oc1ccc2c(c1)CCN2Cc1ccccc1. The van der Waals surface area contributed by atoms with Gasteiger partial charge in [0.1, 0.15) is 5.75 Å². The average molecular weight is 356 g/mol. The van der Waals surface area contributed by atoms with Crippen molar-refractivity contribution in [2.45, 2.75) is 19.4 Å². The van der Waals surface area contributed by atoms with Crippen LogP contribution in [0.1, 0.15) is 17.5 Å². The Kier molecular flexibility index (Phi) is 6.23. The van der Waals surface area contributed by atoms with Crippen molar-refractivity contribution in [3.05, 3.63) is 59.7 Å². The highest BCUT2D eigenvalue weighted by molar-refractivity contribution is 7.98. The van der Waals surface area contributed by atoms with Crippen molar-refractivity contribution in [2.24, 2.45) is 0 Å². The lowest BCUT2D eigenvalue weighted by Crippen LogP contribution is -2.28. The lowest BCUT2D eigenvalue weighted by Gasteiger charge is -2.19. The summed E-state index contributed by atoms with van der Waals surface area (Å²) in [5, 5.41) is 2.79. The molecule has 5 heteroatoms. The second kappa shape index (κ2) is 8.81. The number of hydrogen-bond donors (Lipinski definition) is 1. The van der Waals surface area contributed by atoms with E-state index in [1.165, 1.54) is 16.8 Å². The van der Waals surface area contributed by atoms with Gasteiger partial charge in [-0.1, -0.05) is 30.3 Å². The molecular weight excluding hydrogens is 332 g/mol. The van der Waals surface area contributed by atoms with Crippen molar-refractivity contribution in [1.82, 2.24) is 5.32 Å². The summed E-state index contributed by atoms with van der Waals surface area (Å²) in [5.74, 6) is 1.65. The topological polar surface area (TPSA) is 41.6 Å². The molecule has 132 valence electrons. The fourth-order valence-electron chi connectivity index (χ4n) is 3.03. The van der Waals surface area contributed by atoms with Gasteiger partial charge < -0.3 is 15.0 Å². The predicted octanol–water partition coefficient (Wildman–Crippen LogP) is 4.09. The summed E-state index contributed by atoms with van der Waals surface area (Å²) >= 11 is 1.77. The minimum atomic E-state index is -0.375. The lowest BCUT2D eigenvalue weighted by molar-refractivity contribution is 0.200. The summed E-state index contributed by atoms with van der Waals surface area (Å²) in [7, 11) is 0. The van der Waals surface area contributed by atoms with E-state index < -0.39 is 0 Å². The van der Waals surface area contributed by atoms with Gasteiger partial charge in [-0.3, -0.25) is 0 Å². The third kappa shape index (κ3) is 4.92. The molecule has 0 unspecified atom stereocenters. The smallest absolute Gasteiger partial charge is 0.410 e. The molecule has 1 amide bonds. The molecular formula is C20H24N2O2S. The van der Waals surface area contributed by atoms with Gasteiger partial charge in [-0.2, -0.15) is 11.8 Å². The van der Waals surface area contributed by atoms with Gasteiger partial charge in [-0.05, 0) is 54.2 Å². The van der Waals surface area contributed by atoms with E-state index in [9.17, 15) is 4.79 Å². The largest absolute Gasteiger partial charge is 0.412 e. The molecule has 2 aromatic rings. The maximum Gasteiger partial charge on any atom is 0.412 e. The number of thioether (sulfide) groups is 1. The highest BCUT2D eigenvalue weighted by atomic mass is 32.2. The molecule has 0 aromatic heterocycles. The Morgan fingerprint density at radius 2 is 2.08 bits per heavy atom. The predicted molar refractivity (Wildman–Crippen MR) is 105 cm³/mol. The minimum Gasteiger partial charge on any atom is -0.410 e. The molecule has 0 aliphatic carbocycles. The highest BCUT2D eigenvalue weighted by Crippen LogP contribution is 2.32. The number of rotatable bonds is 7. The second-order valence-corrected chi connectivity index (χ2v) is 7.10. The molecule has 1 N–H and O–H groups in total. The van der Waals surface area contributed by atoms with Crippen LogP contribution in [0.4, 0.5) is 10.5 Å². The van der Waals surface area contributed by atoms with Crippen molar-refractivity contribution in [3.8, 4) is 5.75 Å². The second-order valence-electron chi connectivity index (χ2n) is 6.11. The van der Waals surface area contributed by atoms with Crippen LogP contribution >= 0.6 is 11.8 Å². The number of benzene rings is 2. The molecule has 0 atom stereocenters. The monoisotopic (exact) mass is 356 g/mol. The third-order valence-corrected chi connectivity index (χ3v) is 4.96. The molecule has 0 bridgehead atoms. The molecule has 4 nitrogen and oxygen atoms in total. The van der Waals surface area contributed by atoms with Crippen molar-refractivity contribution >= 4 is 23.5 Å². The van der Waals surface area contributed by atoms with E-state index in [4.69, 9.17) is 4.74 Å². The molecule has 2 aromatic carbocycles. The van der Waals surface area contributed by atoms with Gasteiger partial charge in [0.05, 0.1) is 0 Å². The van der Waals surface area contributed by atoms with Gasteiger partial charge in [-0.25, -0.2) is 4.79 Å². The van der Waals surface area contributed by atoms with Crippen LogP contribution in [0.25, 0.3) is 0 Å². The third-order valence-electron chi connectivity index (χ3n) is 4.26. The number of carbonyl (C=O) groups is 1. The number of amides is 1. The quantitative estimate of drug-likeness (QED) is 0.759. The standard InChI is InChI=1S/C20H24N2O2S/c1-25-13-5-11-21-20(23)24-18-8-9-19-17(14-18)10-12-22(19)15-16-6-3-2-4-7-16/h2-4,6-9,14H,5,10-13,15H2,1H3,(H,21,23). The van der Waals surface area contributed by atoms with Crippen LogP contribution < -0.4 is 15.0 Å². The van der Waals surface area contributed by atoms with E-state index in [0.29, 0.717) is 12.3 Å². The zero-order valence-corrected chi connectivity index (χ0v) is 15.3. The molecule has 25 heavy (non-hydrogen) atoms. The van der Waals surface area contributed by atoms with Crippen LogP contribution in [0.15, 0.2) is 48.5 Å². The molecule has 0 fully saturated rings. The number of hydrogen-bond acceptors (Lipinski definition) is 4. The molecule has 0 saturated heterocycles. The van der Waals surface area contributed by atoms with Gasteiger partial charge in [0.2, 0.25) is 0 Å². The van der Waals surface area contributed by atoms with E-state index in [1.807, 2.05) is 18.2 Å². The first kappa shape index (κ1) is 17.7. The van der Waals surface area contributed by atoms with Crippen LogP contribution in [0.3, 0.4) is 0 Å². The number of anilines is 1. The lowest BCUT2D eigenvalue weighted by atomic mass is 10.1. The van der Waals surface area contributed by atoms with Crippen LogP contribution in [-0.2, 0) is 13.0 Å². The zero-order chi connectivity index (χ0) is 17.5. The van der Waals surface area contributed by atoms with Crippen molar-refractivity contribution in [3.63, 3.8) is 0 Å². The van der Waals surface area contributed by atoms with Crippen LogP contribution in [0.5, 0.6) is 5.75 Å². The Morgan fingerprint density at radius 1 is 1.24 bits per heavy atom. The van der Waals surface area contributed by atoms with Gasteiger partial charge in [0.15, 0.2) is 0 Å². The number of ether oxygens (including phenoxy) is 1. The Morgan fingerprint density at radius 3 is 2.88 bits per heavy atom. The summed E-state index contributed by atoms with van der Waals surface area (Å²) in [6.07, 6.45) is 3.62. The number of nitrogens with one attached hydrogen (secondary N) is 1. The average Bonchev–Trinajstić information content (AvgIpc) is 3.02. The van der Waals surface area contributed by atoms with E-state index in [2.05, 4.69) is 46.8 Å². The summed E-state index contributed by atoms with van der Waals surface area (Å²) in [6, 6.07) is 16.4. The van der Waals surface area contributed by atoms with Crippen LogP contribution in [0.2, 0.25) is 0 Å². The Hall–Kier alpha value is -2.14. The van der Waals surface area contributed by atoms with Crippen molar-refractivity contribution in [2.75, 3.05) is 30.0 Å². The maximum absolute atomic E-state index is 11.8. The van der Waals surface area contributed by atoms with Gasteiger partial charge in [-0.15, -0.1) is 0 Å². The zero-order valence-electron chi connectivity index (χ0n) is 14.5. The Bertz CT molecular complexity index is 706. The van der Waals surface area contributed by atoms with Gasteiger partial charge in [0.25, 0.3) is 0 Å². The summed E-state index contributed by atoms with van der Waals surface area (Å²) < 4.78 is 5.40. The molecule has 0 radical (unpaired) electrons. The molecule has 0 spiro atoms. The molecule has 1 aliphatic heterocycles. The fourth-order valence-corrected chi connectivity index (χ4v) is 3.46. The molecule has 1 heterocycles. The first-order valence-electron chi connectivity index (χ1n) is 8.62. The normalized spacial score (nSPS) is 12.8. The van der Waals surface area contributed by atoms with E-state index in [0.717, 1.165) is 31.7 Å². The highest BCUT2D eigenvalue weighted by Gasteiger charge is 2.20. The fraction of sp³-hybridized carbons (Fsp3) is 0.350. The Labute approximate surface area is 153 Å². The van der Waals surface area contributed by atoms with Gasteiger partial charge in [0, 0.05) is 25.3 Å². The summed E-state index contributed by atoms with van der Waals surface area (Å²) in [5.41, 5.74) is 3.78. The van der Waals surface area contributed by atoms with Crippen molar-refractivity contribution < 1.29 is 9.53 Å². The van der Waals surface area contributed by atoms with E-state index in [-0.39, 0.29) is 6.09 Å². The first-order valence-corrected chi connectivity index (χ1v) is 10.0. The maximum atomic E-state index is 11.8. The number of fused-ring (bicyclic) bond motifs is 1. The summed E-state index contributed by atoms with van der Waals surface area (Å²) in [4.78, 5) is 14.2. The molecule has 0 saturated carbocycles. The van der Waals surface area contributed by atoms with Crippen molar-refractivity contribution in [1.29, 1.82) is 0 Å². The minimum absolute atomic E-state index is 0.375. The van der Waals surface area contributed by atoms with Crippen LogP contribution in [-0.4, -0.2) is 31.2 Å². The Balaban J connectivity index is 1.57. The molecule has 1 aliphatic rings. The van der Waals surface area contributed by atoms with E-state index in [1.54, 1.807) is 11.8 Å². The van der Waals surface area contributed by atoms with Crippen LogP contribution in [0, 0.1) is 0 Å². The first-order chi connectivity index (χ1) is 12.3. The number of nitrogens with zero attached hydrogens (tertiary/aromatic N) is 1. The molecule has 3 rings (SSSR count).